The number of para-hydroxylation sites is 1. The van der Waals surface area contributed by atoms with Crippen LogP contribution >= 0.6 is 0 Å². The topological polar surface area (TPSA) is 84.9 Å². The molecule has 0 bridgehead atoms. The summed E-state index contributed by atoms with van der Waals surface area (Å²) in [6, 6.07) is 15.3. The van der Waals surface area contributed by atoms with E-state index >= 15 is 0 Å². The molecular formula is C24H28N2O5. The Bertz CT molecular complexity index is 926. The molecule has 1 fully saturated rings. The Balaban J connectivity index is 1.43. The standard InChI is InChI=1S/C24H28N2O5/c1-3-18-6-4-5-7-21(18)26-15-19(14-23(26)28)24(29)31-16-22(27)25-13-12-17-8-10-20(30-2)11-9-17/h4-11,19H,3,12-16H2,1-2H3,(H,25,27)/t19-/m1/s1. The highest BCUT2D eigenvalue weighted by Crippen LogP contribution is 2.29. The van der Waals surface area contributed by atoms with Crippen LogP contribution in [0.15, 0.2) is 48.5 Å². The van der Waals surface area contributed by atoms with Gasteiger partial charge in [-0.15, -0.1) is 0 Å². The van der Waals surface area contributed by atoms with Crippen molar-refractivity contribution in [2.24, 2.45) is 5.92 Å². The Hall–Kier alpha value is -3.35. The van der Waals surface area contributed by atoms with E-state index in [1.54, 1.807) is 12.0 Å². The maximum atomic E-state index is 12.4. The van der Waals surface area contributed by atoms with Crippen molar-refractivity contribution in [3.63, 3.8) is 0 Å². The average molecular weight is 424 g/mol. The molecule has 1 saturated heterocycles. The number of rotatable bonds is 9. The lowest BCUT2D eigenvalue weighted by molar-refractivity contribution is -0.152. The van der Waals surface area contributed by atoms with Gasteiger partial charge in [0.25, 0.3) is 5.91 Å². The van der Waals surface area contributed by atoms with Gasteiger partial charge < -0.3 is 19.7 Å². The van der Waals surface area contributed by atoms with Crippen LogP contribution in [0.3, 0.4) is 0 Å². The summed E-state index contributed by atoms with van der Waals surface area (Å²) < 4.78 is 10.3. The van der Waals surface area contributed by atoms with Crippen LogP contribution in [0.1, 0.15) is 24.5 Å². The Morgan fingerprint density at radius 1 is 1.13 bits per heavy atom. The van der Waals surface area contributed by atoms with E-state index in [9.17, 15) is 14.4 Å². The summed E-state index contributed by atoms with van der Waals surface area (Å²) in [6.45, 7) is 2.38. The summed E-state index contributed by atoms with van der Waals surface area (Å²) in [5.41, 5.74) is 2.96. The van der Waals surface area contributed by atoms with Crippen molar-refractivity contribution in [3.8, 4) is 5.75 Å². The highest BCUT2D eigenvalue weighted by molar-refractivity contribution is 6.00. The van der Waals surface area contributed by atoms with Crippen LogP contribution in [-0.4, -0.2) is 44.6 Å². The van der Waals surface area contributed by atoms with Crippen LogP contribution in [-0.2, 0) is 32.0 Å². The summed E-state index contributed by atoms with van der Waals surface area (Å²) in [6.07, 6.45) is 1.55. The van der Waals surface area contributed by atoms with Crippen LogP contribution in [0.2, 0.25) is 0 Å². The average Bonchev–Trinajstić information content (AvgIpc) is 3.19. The second kappa shape index (κ2) is 10.6. The zero-order valence-electron chi connectivity index (χ0n) is 17.9. The number of anilines is 1. The molecule has 0 spiro atoms. The van der Waals surface area contributed by atoms with Crippen LogP contribution in [0.5, 0.6) is 5.75 Å². The maximum absolute atomic E-state index is 12.4. The van der Waals surface area contributed by atoms with E-state index in [1.165, 1.54) is 0 Å². The fraction of sp³-hybridized carbons (Fsp3) is 0.375. The molecule has 1 atom stereocenters. The van der Waals surface area contributed by atoms with Crippen molar-refractivity contribution in [2.45, 2.75) is 26.2 Å². The van der Waals surface area contributed by atoms with Gasteiger partial charge in [-0.3, -0.25) is 14.4 Å². The third-order valence-corrected chi connectivity index (χ3v) is 5.36. The number of esters is 1. The second-order valence-corrected chi connectivity index (χ2v) is 7.44. The maximum Gasteiger partial charge on any atom is 0.311 e. The van der Waals surface area contributed by atoms with Crippen molar-refractivity contribution >= 4 is 23.5 Å². The van der Waals surface area contributed by atoms with Crippen LogP contribution in [0.4, 0.5) is 5.69 Å². The van der Waals surface area contributed by atoms with E-state index in [2.05, 4.69) is 5.32 Å². The molecular weight excluding hydrogens is 396 g/mol. The molecule has 2 aromatic rings. The number of carbonyl (C=O) groups excluding carboxylic acids is 3. The van der Waals surface area contributed by atoms with Crippen molar-refractivity contribution in [2.75, 3.05) is 31.7 Å². The van der Waals surface area contributed by atoms with Crippen molar-refractivity contribution in [3.05, 3.63) is 59.7 Å². The first kappa shape index (κ1) is 22.3. The lowest BCUT2D eigenvalue weighted by atomic mass is 10.1. The second-order valence-electron chi connectivity index (χ2n) is 7.44. The minimum Gasteiger partial charge on any atom is -0.497 e. The molecule has 0 unspecified atom stereocenters. The summed E-state index contributed by atoms with van der Waals surface area (Å²) in [7, 11) is 1.61. The Morgan fingerprint density at radius 3 is 2.58 bits per heavy atom. The Kier molecular flexibility index (Phi) is 7.65. The van der Waals surface area contributed by atoms with E-state index in [-0.39, 0.29) is 31.4 Å². The van der Waals surface area contributed by atoms with E-state index in [0.29, 0.717) is 13.0 Å². The molecule has 7 heteroatoms. The highest BCUT2D eigenvalue weighted by atomic mass is 16.5. The number of aryl methyl sites for hydroxylation is 1. The van der Waals surface area contributed by atoms with Crippen molar-refractivity contribution in [1.29, 1.82) is 0 Å². The van der Waals surface area contributed by atoms with Gasteiger partial charge in [-0.05, 0) is 42.2 Å². The molecule has 1 aliphatic rings. The summed E-state index contributed by atoms with van der Waals surface area (Å²) in [5, 5.41) is 2.74. The number of ether oxygens (including phenoxy) is 2. The number of amides is 2. The fourth-order valence-electron chi connectivity index (χ4n) is 3.62. The Morgan fingerprint density at radius 2 is 1.87 bits per heavy atom. The number of nitrogens with one attached hydrogen (secondary N) is 1. The highest BCUT2D eigenvalue weighted by Gasteiger charge is 2.36. The first-order valence-corrected chi connectivity index (χ1v) is 10.5. The molecule has 7 nitrogen and oxygen atoms in total. The molecule has 1 N–H and O–H groups in total. The molecule has 1 heterocycles. The smallest absolute Gasteiger partial charge is 0.311 e. The van der Waals surface area contributed by atoms with Gasteiger partial charge in [0.15, 0.2) is 6.61 Å². The molecule has 0 aliphatic carbocycles. The number of hydrogen-bond donors (Lipinski definition) is 1. The van der Waals surface area contributed by atoms with Gasteiger partial charge in [0, 0.05) is 25.2 Å². The first-order valence-electron chi connectivity index (χ1n) is 10.5. The van der Waals surface area contributed by atoms with Crippen molar-refractivity contribution < 1.29 is 23.9 Å². The molecule has 0 aromatic heterocycles. The van der Waals surface area contributed by atoms with Gasteiger partial charge in [-0.1, -0.05) is 37.3 Å². The van der Waals surface area contributed by atoms with Gasteiger partial charge in [0.05, 0.1) is 13.0 Å². The molecule has 1 aliphatic heterocycles. The third-order valence-electron chi connectivity index (χ3n) is 5.36. The van der Waals surface area contributed by atoms with Gasteiger partial charge in [-0.2, -0.15) is 0 Å². The van der Waals surface area contributed by atoms with E-state index in [0.717, 1.165) is 29.0 Å². The summed E-state index contributed by atoms with van der Waals surface area (Å²) in [4.78, 5) is 38.5. The minimum absolute atomic E-state index is 0.0932. The number of methoxy groups -OCH3 is 1. The lowest BCUT2D eigenvalue weighted by Crippen LogP contribution is -2.32. The largest absolute Gasteiger partial charge is 0.497 e. The monoisotopic (exact) mass is 424 g/mol. The number of carbonyl (C=O) groups is 3. The van der Waals surface area contributed by atoms with E-state index < -0.39 is 11.9 Å². The first-order chi connectivity index (χ1) is 15.0. The molecule has 164 valence electrons. The summed E-state index contributed by atoms with van der Waals surface area (Å²) >= 11 is 0. The van der Waals surface area contributed by atoms with Gasteiger partial charge >= 0.3 is 5.97 Å². The lowest BCUT2D eigenvalue weighted by Gasteiger charge is -2.19. The quantitative estimate of drug-likeness (QED) is 0.626. The van der Waals surface area contributed by atoms with E-state index in [4.69, 9.17) is 9.47 Å². The molecule has 0 saturated carbocycles. The molecule has 0 radical (unpaired) electrons. The van der Waals surface area contributed by atoms with Gasteiger partial charge in [0.2, 0.25) is 5.91 Å². The number of nitrogens with zero attached hydrogens (tertiary/aromatic N) is 1. The van der Waals surface area contributed by atoms with E-state index in [1.807, 2.05) is 55.5 Å². The zero-order valence-corrected chi connectivity index (χ0v) is 17.9. The molecule has 3 rings (SSSR count). The Labute approximate surface area is 182 Å². The van der Waals surface area contributed by atoms with Gasteiger partial charge in [-0.25, -0.2) is 0 Å². The fourth-order valence-corrected chi connectivity index (χ4v) is 3.62. The zero-order chi connectivity index (χ0) is 22.2. The van der Waals surface area contributed by atoms with Crippen LogP contribution < -0.4 is 15.0 Å². The SMILES string of the molecule is CCc1ccccc1N1C[C@H](C(=O)OCC(=O)NCCc2ccc(OC)cc2)CC1=O. The molecule has 2 aromatic carbocycles. The predicted molar refractivity (Wildman–Crippen MR) is 117 cm³/mol. The van der Waals surface area contributed by atoms with Crippen molar-refractivity contribution in [1.82, 2.24) is 5.32 Å². The van der Waals surface area contributed by atoms with Crippen LogP contribution in [0.25, 0.3) is 0 Å². The predicted octanol–water partition coefficient (Wildman–Crippen LogP) is 2.51. The molecule has 31 heavy (non-hydrogen) atoms. The van der Waals surface area contributed by atoms with Crippen LogP contribution in [0, 0.1) is 5.92 Å². The number of benzene rings is 2. The minimum atomic E-state index is -0.565. The summed E-state index contributed by atoms with van der Waals surface area (Å²) in [5.74, 6) is -0.771. The number of hydrogen-bond acceptors (Lipinski definition) is 5. The van der Waals surface area contributed by atoms with Gasteiger partial charge in [0.1, 0.15) is 5.75 Å². The third kappa shape index (κ3) is 5.84. The molecule has 2 amide bonds. The normalized spacial score (nSPS) is 15.6.